The van der Waals surface area contributed by atoms with Gasteiger partial charge < -0.3 is 9.47 Å². The summed E-state index contributed by atoms with van der Waals surface area (Å²) in [4.78, 5) is 3.55. The third-order valence-electron chi connectivity index (χ3n) is 2.95. The maximum Gasteiger partial charge on any atom is 0.213 e. The zero-order chi connectivity index (χ0) is 12.4. The molecule has 1 unspecified atom stereocenters. The van der Waals surface area contributed by atoms with Crippen LogP contribution in [0.5, 0.6) is 11.5 Å². The molecular weight excluding hydrogens is 233 g/mol. The van der Waals surface area contributed by atoms with E-state index in [1.54, 1.807) is 6.07 Å². The molecule has 18 heavy (non-hydrogen) atoms. The summed E-state index contributed by atoms with van der Waals surface area (Å²) >= 11 is 0. The lowest BCUT2D eigenvalue weighted by Gasteiger charge is -2.10. The van der Waals surface area contributed by atoms with E-state index in [0.29, 0.717) is 19.0 Å². The Labute approximate surface area is 104 Å². The van der Waals surface area contributed by atoms with Crippen molar-refractivity contribution in [2.45, 2.75) is 5.92 Å². The van der Waals surface area contributed by atoms with E-state index in [0.717, 1.165) is 11.3 Å². The maximum absolute atomic E-state index is 12.6. The predicted molar refractivity (Wildman–Crippen MR) is 64.4 cm³/mol. The maximum atomic E-state index is 12.6. The minimum absolute atomic E-state index is 0.214. The predicted octanol–water partition coefficient (Wildman–Crippen LogP) is 2.78. The largest absolute Gasteiger partial charge is 0.493 e. The normalized spacial score (nSPS) is 17.1. The molecule has 2 aromatic rings. The average molecular weight is 245 g/mol. The molecule has 0 amide bonds. The highest BCUT2D eigenvalue weighted by Crippen LogP contribution is 2.33. The molecule has 3 rings (SSSR count). The summed E-state index contributed by atoms with van der Waals surface area (Å²) in [6.45, 7) is 1.12. The number of hydrogen-bond acceptors (Lipinski definition) is 3. The summed E-state index contributed by atoms with van der Waals surface area (Å²) in [6.07, 6.45) is 1.39. The van der Waals surface area contributed by atoms with Gasteiger partial charge in [0.25, 0.3) is 0 Å². The standard InChI is InChI=1S/C14H12FNO2/c15-14-6-5-11(7-16-14)17-8-10-9-18-13-4-2-1-3-12(10)13/h1-7,10H,8-9H2. The van der Waals surface area contributed by atoms with Crippen LogP contribution in [0, 0.1) is 5.95 Å². The van der Waals surface area contributed by atoms with Crippen molar-refractivity contribution in [2.75, 3.05) is 13.2 Å². The molecule has 0 N–H and O–H groups in total. The van der Waals surface area contributed by atoms with Gasteiger partial charge in [0.1, 0.15) is 11.5 Å². The number of hydrogen-bond donors (Lipinski definition) is 0. The Morgan fingerprint density at radius 1 is 1.28 bits per heavy atom. The first-order chi connectivity index (χ1) is 8.83. The molecule has 1 atom stereocenters. The number of benzene rings is 1. The molecule has 3 nitrogen and oxygen atoms in total. The molecule has 0 bridgehead atoms. The monoisotopic (exact) mass is 245 g/mol. The molecule has 2 heterocycles. The molecule has 1 aliphatic heterocycles. The van der Waals surface area contributed by atoms with Crippen molar-refractivity contribution >= 4 is 0 Å². The number of ether oxygens (including phenoxy) is 2. The summed E-state index contributed by atoms with van der Waals surface area (Å²) < 4.78 is 23.8. The minimum atomic E-state index is -0.503. The van der Waals surface area contributed by atoms with E-state index >= 15 is 0 Å². The van der Waals surface area contributed by atoms with Crippen LogP contribution in [0.4, 0.5) is 4.39 Å². The number of para-hydroxylation sites is 1. The first kappa shape index (κ1) is 11.0. The summed E-state index contributed by atoms with van der Waals surface area (Å²) in [5, 5.41) is 0. The third-order valence-corrected chi connectivity index (χ3v) is 2.95. The van der Waals surface area contributed by atoms with Crippen LogP contribution < -0.4 is 9.47 Å². The highest BCUT2D eigenvalue weighted by molar-refractivity contribution is 5.39. The van der Waals surface area contributed by atoms with Crippen LogP contribution in [0.25, 0.3) is 0 Å². The topological polar surface area (TPSA) is 31.4 Å². The van der Waals surface area contributed by atoms with Gasteiger partial charge in [-0.15, -0.1) is 0 Å². The van der Waals surface area contributed by atoms with Crippen molar-refractivity contribution in [3.05, 3.63) is 54.1 Å². The van der Waals surface area contributed by atoms with Gasteiger partial charge in [0.05, 0.1) is 25.3 Å². The van der Waals surface area contributed by atoms with E-state index in [1.165, 1.54) is 12.3 Å². The fourth-order valence-corrected chi connectivity index (χ4v) is 2.01. The summed E-state index contributed by atoms with van der Waals surface area (Å²) in [7, 11) is 0. The number of nitrogens with zero attached hydrogens (tertiary/aromatic N) is 1. The van der Waals surface area contributed by atoms with Crippen molar-refractivity contribution in [1.82, 2.24) is 4.98 Å². The van der Waals surface area contributed by atoms with Crippen LogP contribution in [0.1, 0.15) is 11.5 Å². The van der Waals surface area contributed by atoms with Crippen molar-refractivity contribution in [1.29, 1.82) is 0 Å². The Morgan fingerprint density at radius 3 is 3.00 bits per heavy atom. The Bertz CT molecular complexity index is 542. The lowest BCUT2D eigenvalue weighted by Crippen LogP contribution is -2.11. The van der Waals surface area contributed by atoms with Gasteiger partial charge in [-0.1, -0.05) is 18.2 Å². The molecule has 4 heteroatoms. The number of pyridine rings is 1. The molecule has 0 fully saturated rings. The van der Waals surface area contributed by atoms with Crippen LogP contribution in [0.2, 0.25) is 0 Å². The van der Waals surface area contributed by atoms with Crippen LogP contribution in [0.15, 0.2) is 42.6 Å². The third kappa shape index (κ3) is 2.14. The van der Waals surface area contributed by atoms with Crippen LogP contribution in [0.3, 0.4) is 0 Å². The second kappa shape index (κ2) is 4.64. The Kier molecular flexibility index (Phi) is 2.84. The highest BCUT2D eigenvalue weighted by atomic mass is 19.1. The Morgan fingerprint density at radius 2 is 2.17 bits per heavy atom. The summed E-state index contributed by atoms with van der Waals surface area (Å²) in [6, 6.07) is 10.8. The van der Waals surface area contributed by atoms with Crippen LogP contribution >= 0.6 is 0 Å². The second-order valence-corrected chi connectivity index (χ2v) is 4.17. The van der Waals surface area contributed by atoms with E-state index < -0.39 is 5.95 Å². The fraction of sp³-hybridized carbons (Fsp3) is 0.214. The molecule has 0 saturated carbocycles. The SMILES string of the molecule is Fc1ccc(OCC2COc3ccccc32)cn1. The molecule has 1 aromatic heterocycles. The number of aromatic nitrogens is 1. The zero-order valence-corrected chi connectivity index (χ0v) is 9.67. The Balaban J connectivity index is 1.67. The summed E-state index contributed by atoms with van der Waals surface area (Å²) in [5.74, 6) is 1.20. The van der Waals surface area contributed by atoms with Crippen LogP contribution in [-0.2, 0) is 0 Å². The van der Waals surface area contributed by atoms with Crippen LogP contribution in [-0.4, -0.2) is 18.2 Å². The van der Waals surface area contributed by atoms with Crippen molar-refractivity contribution in [2.24, 2.45) is 0 Å². The van der Waals surface area contributed by atoms with Crippen molar-refractivity contribution < 1.29 is 13.9 Å². The van der Waals surface area contributed by atoms with E-state index in [1.807, 2.05) is 24.3 Å². The molecule has 0 aliphatic carbocycles. The van der Waals surface area contributed by atoms with Crippen molar-refractivity contribution in [3.63, 3.8) is 0 Å². The fourth-order valence-electron chi connectivity index (χ4n) is 2.01. The van der Waals surface area contributed by atoms with E-state index in [-0.39, 0.29) is 5.92 Å². The molecule has 0 saturated heterocycles. The molecule has 1 aliphatic rings. The van der Waals surface area contributed by atoms with Gasteiger partial charge in [0.15, 0.2) is 0 Å². The average Bonchev–Trinajstić information content (AvgIpc) is 2.82. The number of halogens is 1. The zero-order valence-electron chi connectivity index (χ0n) is 9.67. The number of fused-ring (bicyclic) bond motifs is 1. The van der Waals surface area contributed by atoms with Crippen molar-refractivity contribution in [3.8, 4) is 11.5 Å². The summed E-state index contributed by atoms with van der Waals surface area (Å²) in [5.41, 5.74) is 1.16. The van der Waals surface area contributed by atoms with Gasteiger partial charge >= 0.3 is 0 Å². The minimum Gasteiger partial charge on any atom is -0.493 e. The number of rotatable bonds is 3. The van der Waals surface area contributed by atoms with Gasteiger partial charge in [0.2, 0.25) is 5.95 Å². The molecule has 0 radical (unpaired) electrons. The Hall–Kier alpha value is -2.10. The van der Waals surface area contributed by atoms with E-state index in [2.05, 4.69) is 4.98 Å². The smallest absolute Gasteiger partial charge is 0.213 e. The van der Waals surface area contributed by atoms with Gasteiger partial charge in [-0.2, -0.15) is 4.39 Å². The van der Waals surface area contributed by atoms with Gasteiger partial charge in [-0.05, 0) is 18.2 Å². The quantitative estimate of drug-likeness (QED) is 0.779. The first-order valence-corrected chi connectivity index (χ1v) is 5.79. The van der Waals surface area contributed by atoms with Gasteiger partial charge in [0, 0.05) is 5.56 Å². The van der Waals surface area contributed by atoms with Gasteiger partial charge in [-0.3, -0.25) is 0 Å². The van der Waals surface area contributed by atoms with E-state index in [9.17, 15) is 4.39 Å². The van der Waals surface area contributed by atoms with E-state index in [4.69, 9.17) is 9.47 Å². The lowest BCUT2D eigenvalue weighted by molar-refractivity contribution is 0.247. The molecular formula is C14H12FNO2. The molecule has 1 aromatic carbocycles. The first-order valence-electron chi connectivity index (χ1n) is 5.79. The van der Waals surface area contributed by atoms with Gasteiger partial charge in [-0.25, -0.2) is 4.98 Å². The molecule has 0 spiro atoms. The molecule has 92 valence electrons. The second-order valence-electron chi connectivity index (χ2n) is 4.17. The highest BCUT2D eigenvalue weighted by Gasteiger charge is 2.24. The lowest BCUT2D eigenvalue weighted by atomic mass is 10.0.